The number of methoxy groups -OCH3 is 1. The smallest absolute Gasteiger partial charge is 0.334 e. The second-order valence-corrected chi connectivity index (χ2v) is 8.33. The molecule has 0 radical (unpaired) electrons. The monoisotopic (exact) mass is 398 g/mol. The third-order valence-electron chi connectivity index (χ3n) is 5.60. The number of carbonyl (C=O) groups excluding carboxylic acids is 1. The SMILES string of the molecule is CCCCCCCCCCCCCCCCC(OCCCCCC)C(=O)OC. The molecule has 0 spiro atoms. The molecular weight excluding hydrogens is 348 g/mol. The van der Waals surface area contributed by atoms with Crippen molar-refractivity contribution in [2.24, 2.45) is 0 Å². The van der Waals surface area contributed by atoms with E-state index in [9.17, 15) is 4.79 Å². The van der Waals surface area contributed by atoms with E-state index in [0.29, 0.717) is 6.61 Å². The van der Waals surface area contributed by atoms with Crippen LogP contribution in [0.2, 0.25) is 0 Å². The number of hydrogen-bond donors (Lipinski definition) is 0. The van der Waals surface area contributed by atoms with E-state index < -0.39 is 0 Å². The first-order chi connectivity index (χ1) is 13.8. The molecule has 1 unspecified atom stereocenters. The Kier molecular flexibility index (Phi) is 22.3. The molecule has 0 aromatic rings. The Morgan fingerprint density at radius 3 is 1.43 bits per heavy atom. The summed E-state index contributed by atoms with van der Waals surface area (Å²) in [6.07, 6.45) is 24.1. The Balaban J connectivity index is 3.47. The predicted octanol–water partition coefficient (Wildman–Crippen LogP) is 8.00. The van der Waals surface area contributed by atoms with Crippen molar-refractivity contribution in [3.05, 3.63) is 0 Å². The molecule has 0 amide bonds. The molecule has 0 saturated heterocycles. The van der Waals surface area contributed by atoms with Gasteiger partial charge in [-0.25, -0.2) is 4.79 Å². The van der Waals surface area contributed by atoms with E-state index in [1.807, 2.05) is 0 Å². The van der Waals surface area contributed by atoms with Crippen LogP contribution in [0.5, 0.6) is 0 Å². The van der Waals surface area contributed by atoms with Gasteiger partial charge >= 0.3 is 5.97 Å². The van der Waals surface area contributed by atoms with Crippen molar-refractivity contribution < 1.29 is 14.3 Å². The Labute approximate surface area is 176 Å². The second-order valence-electron chi connectivity index (χ2n) is 8.33. The van der Waals surface area contributed by atoms with E-state index in [1.165, 1.54) is 110 Å². The number of esters is 1. The largest absolute Gasteiger partial charge is 0.467 e. The van der Waals surface area contributed by atoms with E-state index in [4.69, 9.17) is 9.47 Å². The Morgan fingerprint density at radius 1 is 0.607 bits per heavy atom. The summed E-state index contributed by atoms with van der Waals surface area (Å²) in [6.45, 7) is 5.16. The summed E-state index contributed by atoms with van der Waals surface area (Å²) < 4.78 is 10.7. The molecule has 0 saturated carbocycles. The molecule has 0 rings (SSSR count). The van der Waals surface area contributed by atoms with Crippen molar-refractivity contribution in [2.45, 2.75) is 142 Å². The second kappa shape index (κ2) is 22.7. The lowest BCUT2D eigenvalue weighted by molar-refractivity contribution is -0.154. The van der Waals surface area contributed by atoms with Crippen molar-refractivity contribution >= 4 is 5.97 Å². The predicted molar refractivity (Wildman–Crippen MR) is 121 cm³/mol. The van der Waals surface area contributed by atoms with Crippen molar-refractivity contribution in [1.29, 1.82) is 0 Å². The van der Waals surface area contributed by atoms with E-state index in [2.05, 4.69) is 13.8 Å². The number of ether oxygens (including phenoxy) is 2. The van der Waals surface area contributed by atoms with E-state index in [1.54, 1.807) is 0 Å². The molecule has 0 aliphatic rings. The molecular formula is C25H50O3. The first-order valence-corrected chi connectivity index (χ1v) is 12.5. The van der Waals surface area contributed by atoms with Crippen molar-refractivity contribution in [1.82, 2.24) is 0 Å². The first kappa shape index (κ1) is 27.4. The minimum absolute atomic E-state index is 0.204. The highest BCUT2D eigenvalue weighted by Crippen LogP contribution is 2.15. The normalized spacial score (nSPS) is 12.2. The summed E-state index contributed by atoms with van der Waals surface area (Å²) >= 11 is 0. The average Bonchev–Trinajstić information content (AvgIpc) is 2.71. The van der Waals surface area contributed by atoms with Crippen LogP contribution >= 0.6 is 0 Å². The third kappa shape index (κ3) is 18.8. The molecule has 0 N–H and O–H groups in total. The van der Waals surface area contributed by atoms with Crippen molar-refractivity contribution in [2.75, 3.05) is 13.7 Å². The van der Waals surface area contributed by atoms with Gasteiger partial charge in [0, 0.05) is 6.61 Å². The zero-order valence-corrected chi connectivity index (χ0v) is 19.4. The van der Waals surface area contributed by atoms with Crippen LogP contribution in [0.4, 0.5) is 0 Å². The van der Waals surface area contributed by atoms with Gasteiger partial charge in [0.2, 0.25) is 0 Å². The van der Waals surface area contributed by atoms with Gasteiger partial charge in [-0.05, 0) is 12.8 Å². The molecule has 168 valence electrons. The lowest BCUT2D eigenvalue weighted by Crippen LogP contribution is -2.26. The number of unbranched alkanes of at least 4 members (excludes halogenated alkanes) is 16. The molecule has 0 heterocycles. The van der Waals surface area contributed by atoms with E-state index >= 15 is 0 Å². The Morgan fingerprint density at radius 2 is 1.00 bits per heavy atom. The Bertz CT molecular complexity index is 317. The molecule has 0 aromatic heterocycles. The maximum Gasteiger partial charge on any atom is 0.334 e. The van der Waals surface area contributed by atoms with E-state index in [-0.39, 0.29) is 12.1 Å². The maximum atomic E-state index is 11.8. The van der Waals surface area contributed by atoms with Crippen LogP contribution in [0.25, 0.3) is 0 Å². The quantitative estimate of drug-likeness (QED) is 0.137. The zero-order chi connectivity index (χ0) is 20.7. The van der Waals surface area contributed by atoms with Gasteiger partial charge < -0.3 is 9.47 Å². The molecule has 1 atom stereocenters. The number of hydrogen-bond acceptors (Lipinski definition) is 3. The highest BCUT2D eigenvalue weighted by molar-refractivity contribution is 5.74. The molecule has 0 aliphatic heterocycles. The van der Waals surface area contributed by atoms with Crippen LogP contribution in [0.3, 0.4) is 0 Å². The van der Waals surface area contributed by atoms with Gasteiger partial charge in [0.05, 0.1) is 7.11 Å². The zero-order valence-electron chi connectivity index (χ0n) is 19.4. The van der Waals surface area contributed by atoms with Crippen LogP contribution in [-0.2, 0) is 14.3 Å². The van der Waals surface area contributed by atoms with Gasteiger partial charge in [-0.2, -0.15) is 0 Å². The highest BCUT2D eigenvalue weighted by atomic mass is 16.6. The molecule has 0 fully saturated rings. The highest BCUT2D eigenvalue weighted by Gasteiger charge is 2.18. The number of rotatable bonds is 22. The lowest BCUT2D eigenvalue weighted by Gasteiger charge is -2.15. The van der Waals surface area contributed by atoms with Gasteiger partial charge in [-0.3, -0.25) is 0 Å². The molecule has 0 aliphatic carbocycles. The molecule has 0 bridgehead atoms. The average molecular weight is 399 g/mol. The minimum atomic E-state index is -0.357. The summed E-state index contributed by atoms with van der Waals surface area (Å²) in [6, 6.07) is 0. The van der Waals surface area contributed by atoms with Crippen LogP contribution in [0, 0.1) is 0 Å². The third-order valence-corrected chi connectivity index (χ3v) is 5.60. The molecule has 3 nitrogen and oxygen atoms in total. The van der Waals surface area contributed by atoms with Gasteiger partial charge in [0.15, 0.2) is 6.10 Å². The van der Waals surface area contributed by atoms with E-state index in [0.717, 1.165) is 19.3 Å². The maximum absolute atomic E-state index is 11.8. The summed E-state index contributed by atoms with van der Waals surface area (Å²) in [5.74, 6) is -0.204. The number of carbonyl (C=O) groups is 1. The molecule has 3 heteroatoms. The summed E-state index contributed by atoms with van der Waals surface area (Å²) in [5.41, 5.74) is 0. The topological polar surface area (TPSA) is 35.5 Å². The first-order valence-electron chi connectivity index (χ1n) is 12.5. The lowest BCUT2D eigenvalue weighted by atomic mass is 10.0. The fourth-order valence-electron chi connectivity index (χ4n) is 3.68. The standard InChI is InChI=1S/C25H50O3/c1-4-6-8-10-11-12-13-14-15-16-17-18-19-20-22-24(25(26)27-3)28-23-21-9-7-5-2/h24H,4-23H2,1-3H3. The van der Waals surface area contributed by atoms with Crippen LogP contribution < -0.4 is 0 Å². The molecule has 0 aromatic carbocycles. The van der Waals surface area contributed by atoms with Gasteiger partial charge in [-0.1, -0.05) is 123 Å². The van der Waals surface area contributed by atoms with Crippen LogP contribution in [0.15, 0.2) is 0 Å². The summed E-state index contributed by atoms with van der Waals surface area (Å²) in [4.78, 5) is 11.8. The van der Waals surface area contributed by atoms with Crippen molar-refractivity contribution in [3.8, 4) is 0 Å². The summed E-state index contributed by atoms with van der Waals surface area (Å²) in [5, 5.41) is 0. The Hall–Kier alpha value is -0.570. The van der Waals surface area contributed by atoms with Crippen LogP contribution in [-0.4, -0.2) is 25.8 Å². The fourth-order valence-corrected chi connectivity index (χ4v) is 3.68. The van der Waals surface area contributed by atoms with Crippen molar-refractivity contribution in [3.63, 3.8) is 0 Å². The van der Waals surface area contributed by atoms with Gasteiger partial charge in [0.1, 0.15) is 0 Å². The molecule has 28 heavy (non-hydrogen) atoms. The van der Waals surface area contributed by atoms with Crippen LogP contribution in [0.1, 0.15) is 136 Å². The summed E-state index contributed by atoms with van der Waals surface area (Å²) in [7, 11) is 1.46. The van der Waals surface area contributed by atoms with Gasteiger partial charge in [-0.15, -0.1) is 0 Å². The minimum Gasteiger partial charge on any atom is -0.467 e. The van der Waals surface area contributed by atoms with Gasteiger partial charge in [0.25, 0.3) is 0 Å². The fraction of sp³-hybridized carbons (Fsp3) is 0.960.